The highest BCUT2D eigenvalue weighted by molar-refractivity contribution is 9.09. The normalized spacial score (nSPS) is 30.9. The number of amides is 1. The van der Waals surface area contributed by atoms with Gasteiger partial charge in [-0.15, -0.1) is 0 Å². The fourth-order valence-electron chi connectivity index (χ4n) is 2.62. The Morgan fingerprint density at radius 3 is 2.38 bits per heavy atom. The molecule has 0 radical (unpaired) electrons. The summed E-state index contributed by atoms with van der Waals surface area (Å²) in [6, 6.07) is 0.343. The lowest BCUT2D eigenvalue weighted by molar-refractivity contribution is -0.212. The van der Waals surface area contributed by atoms with E-state index in [2.05, 4.69) is 29.8 Å². The molecule has 1 aliphatic rings. The monoisotopic (exact) mass is 291 g/mol. The Bertz CT molecular complexity index is 291. The largest absolute Gasteiger partial charge is 0.366 e. The number of carbonyl (C=O) groups is 1. The minimum absolute atomic E-state index is 0.00292. The van der Waals surface area contributed by atoms with Crippen molar-refractivity contribution in [3.63, 3.8) is 0 Å². The molecule has 0 aliphatic carbocycles. The van der Waals surface area contributed by atoms with Gasteiger partial charge in [0.15, 0.2) is 5.60 Å². The number of rotatable bonds is 4. The molecule has 2 atom stereocenters. The molecule has 1 rings (SSSR count). The molecule has 0 aromatic heterocycles. The van der Waals surface area contributed by atoms with Crippen LogP contribution in [-0.2, 0) is 9.53 Å². The maximum absolute atomic E-state index is 12.1. The summed E-state index contributed by atoms with van der Waals surface area (Å²) in [5.41, 5.74) is -0.662. The standard InChI is InChI=1S/C12H22BrNO2/c1-8(2)14-9(11(3,4)7-13)12(5,16-6)10(14)15/h8-9H,7H2,1-6H3/t9-,12+/m1/s1. The summed E-state index contributed by atoms with van der Waals surface area (Å²) in [5, 5.41) is 0.847. The quantitative estimate of drug-likeness (QED) is 0.588. The number of alkyl halides is 1. The first-order chi connectivity index (χ1) is 7.22. The lowest BCUT2D eigenvalue weighted by atomic mass is 9.68. The maximum atomic E-state index is 12.1. The van der Waals surface area contributed by atoms with Crippen molar-refractivity contribution < 1.29 is 9.53 Å². The van der Waals surface area contributed by atoms with Gasteiger partial charge in [-0.3, -0.25) is 4.79 Å². The molecular weight excluding hydrogens is 270 g/mol. The van der Waals surface area contributed by atoms with Crippen molar-refractivity contribution in [2.75, 3.05) is 12.4 Å². The first-order valence-corrected chi connectivity index (χ1v) is 6.78. The van der Waals surface area contributed by atoms with Crippen LogP contribution in [-0.4, -0.2) is 40.9 Å². The van der Waals surface area contributed by atoms with Gasteiger partial charge in [0.2, 0.25) is 0 Å². The van der Waals surface area contributed by atoms with Crippen molar-refractivity contribution in [2.24, 2.45) is 5.41 Å². The zero-order valence-electron chi connectivity index (χ0n) is 11.0. The summed E-state index contributed by atoms with van der Waals surface area (Å²) >= 11 is 3.53. The molecule has 0 spiro atoms. The SMILES string of the molecule is CO[C@]1(C)C(=O)N(C(C)C)[C@@H]1C(C)(C)CBr. The first-order valence-electron chi connectivity index (χ1n) is 5.66. The van der Waals surface area contributed by atoms with E-state index in [0.717, 1.165) is 5.33 Å². The molecule has 0 N–H and O–H groups in total. The van der Waals surface area contributed by atoms with Gasteiger partial charge in [0.05, 0.1) is 6.04 Å². The Balaban J connectivity index is 3.06. The molecule has 1 fully saturated rings. The first kappa shape index (κ1) is 14.0. The van der Waals surface area contributed by atoms with E-state index in [0.29, 0.717) is 0 Å². The van der Waals surface area contributed by atoms with Gasteiger partial charge in [-0.05, 0) is 26.2 Å². The average Bonchev–Trinajstić information content (AvgIpc) is 2.22. The Morgan fingerprint density at radius 1 is 1.56 bits per heavy atom. The molecule has 1 amide bonds. The third kappa shape index (κ3) is 1.80. The number of nitrogens with zero attached hydrogens (tertiary/aromatic N) is 1. The van der Waals surface area contributed by atoms with Crippen LogP contribution in [0.15, 0.2) is 0 Å². The minimum Gasteiger partial charge on any atom is -0.366 e. The summed E-state index contributed by atoms with van der Waals surface area (Å²) in [6.45, 7) is 10.3. The van der Waals surface area contributed by atoms with Crippen LogP contribution in [0.4, 0.5) is 0 Å². The molecule has 1 saturated heterocycles. The predicted octanol–water partition coefficient (Wildman–Crippen LogP) is 2.43. The second-order valence-electron chi connectivity index (χ2n) is 5.64. The van der Waals surface area contributed by atoms with Crippen molar-refractivity contribution in [1.82, 2.24) is 4.90 Å². The molecule has 1 aliphatic heterocycles. The molecule has 0 saturated carbocycles. The number of ether oxygens (including phenoxy) is 1. The zero-order valence-corrected chi connectivity index (χ0v) is 12.6. The number of methoxy groups -OCH3 is 1. The van der Waals surface area contributed by atoms with E-state index in [1.165, 1.54) is 0 Å². The molecule has 0 aromatic carbocycles. The van der Waals surface area contributed by atoms with E-state index in [-0.39, 0.29) is 23.4 Å². The Hall–Kier alpha value is -0.0900. The van der Waals surface area contributed by atoms with Crippen molar-refractivity contribution in [3.05, 3.63) is 0 Å². The number of carbonyl (C=O) groups excluding carboxylic acids is 1. The van der Waals surface area contributed by atoms with Crippen LogP contribution >= 0.6 is 15.9 Å². The van der Waals surface area contributed by atoms with E-state index in [1.807, 2.05) is 25.7 Å². The second-order valence-corrected chi connectivity index (χ2v) is 6.20. The minimum atomic E-state index is -0.665. The molecule has 3 nitrogen and oxygen atoms in total. The molecular formula is C12H22BrNO2. The zero-order chi connectivity index (χ0) is 12.7. The number of β-lactam (4-membered cyclic amide) rings is 1. The molecule has 0 bridgehead atoms. The summed E-state index contributed by atoms with van der Waals surface area (Å²) in [5.74, 6) is 0.101. The van der Waals surface area contributed by atoms with Crippen LogP contribution < -0.4 is 0 Å². The summed E-state index contributed by atoms with van der Waals surface area (Å²) in [6.07, 6.45) is 0. The molecule has 1 heterocycles. The van der Waals surface area contributed by atoms with Gasteiger partial charge in [-0.1, -0.05) is 29.8 Å². The number of likely N-dealkylation sites (tertiary alicyclic amines) is 1. The third-order valence-corrected chi connectivity index (χ3v) is 4.97. The smallest absolute Gasteiger partial charge is 0.257 e. The Labute approximate surface area is 107 Å². The van der Waals surface area contributed by atoms with Gasteiger partial charge >= 0.3 is 0 Å². The highest BCUT2D eigenvalue weighted by atomic mass is 79.9. The third-order valence-electron chi connectivity index (χ3n) is 3.52. The van der Waals surface area contributed by atoms with Crippen LogP contribution in [0.25, 0.3) is 0 Å². The number of hydrogen-bond acceptors (Lipinski definition) is 2. The van der Waals surface area contributed by atoms with Gasteiger partial charge < -0.3 is 9.64 Å². The van der Waals surface area contributed by atoms with Gasteiger partial charge in [0, 0.05) is 18.5 Å². The van der Waals surface area contributed by atoms with Crippen molar-refractivity contribution in [1.29, 1.82) is 0 Å². The van der Waals surface area contributed by atoms with Gasteiger partial charge in [-0.25, -0.2) is 0 Å². The van der Waals surface area contributed by atoms with E-state index in [1.54, 1.807) is 7.11 Å². The van der Waals surface area contributed by atoms with E-state index in [4.69, 9.17) is 4.74 Å². The van der Waals surface area contributed by atoms with Crippen molar-refractivity contribution >= 4 is 21.8 Å². The summed E-state index contributed by atoms with van der Waals surface area (Å²) in [7, 11) is 1.62. The fourth-order valence-corrected chi connectivity index (χ4v) is 2.92. The maximum Gasteiger partial charge on any atom is 0.257 e. The predicted molar refractivity (Wildman–Crippen MR) is 68.8 cm³/mol. The fraction of sp³-hybridized carbons (Fsp3) is 0.917. The van der Waals surface area contributed by atoms with Crippen LogP contribution in [0.3, 0.4) is 0 Å². The second kappa shape index (κ2) is 4.30. The topological polar surface area (TPSA) is 29.5 Å². The highest BCUT2D eigenvalue weighted by Crippen LogP contribution is 2.45. The van der Waals surface area contributed by atoms with Crippen LogP contribution in [0.1, 0.15) is 34.6 Å². The van der Waals surface area contributed by atoms with E-state index >= 15 is 0 Å². The van der Waals surface area contributed by atoms with Crippen molar-refractivity contribution in [3.8, 4) is 0 Å². The van der Waals surface area contributed by atoms with E-state index < -0.39 is 5.60 Å². The summed E-state index contributed by atoms with van der Waals surface area (Å²) in [4.78, 5) is 14.0. The van der Waals surface area contributed by atoms with Crippen molar-refractivity contribution in [2.45, 2.75) is 52.3 Å². The van der Waals surface area contributed by atoms with E-state index in [9.17, 15) is 4.79 Å². The molecule has 0 aromatic rings. The van der Waals surface area contributed by atoms with Gasteiger partial charge in [0.25, 0.3) is 5.91 Å². The van der Waals surface area contributed by atoms with Gasteiger partial charge in [-0.2, -0.15) is 0 Å². The number of halogens is 1. The summed E-state index contributed by atoms with van der Waals surface area (Å²) < 4.78 is 5.46. The lowest BCUT2D eigenvalue weighted by Crippen LogP contribution is -2.78. The molecule has 16 heavy (non-hydrogen) atoms. The lowest BCUT2D eigenvalue weighted by Gasteiger charge is -2.60. The molecule has 0 unspecified atom stereocenters. The molecule has 94 valence electrons. The average molecular weight is 292 g/mol. The highest BCUT2D eigenvalue weighted by Gasteiger charge is 2.63. The Kier molecular flexibility index (Phi) is 3.75. The Morgan fingerprint density at radius 2 is 2.06 bits per heavy atom. The van der Waals surface area contributed by atoms with Crippen LogP contribution in [0.5, 0.6) is 0 Å². The number of hydrogen-bond donors (Lipinski definition) is 0. The molecule has 4 heteroatoms. The van der Waals surface area contributed by atoms with Gasteiger partial charge in [0.1, 0.15) is 0 Å². The van der Waals surface area contributed by atoms with Crippen LogP contribution in [0, 0.1) is 5.41 Å². The van der Waals surface area contributed by atoms with Crippen LogP contribution in [0.2, 0.25) is 0 Å².